The Labute approximate surface area is 80.6 Å². The first-order chi connectivity index (χ1) is 6.15. The van der Waals surface area contributed by atoms with Crippen molar-refractivity contribution in [1.29, 1.82) is 0 Å². The lowest BCUT2D eigenvalue weighted by molar-refractivity contribution is 0.0675. The van der Waals surface area contributed by atoms with E-state index < -0.39 is 0 Å². The van der Waals surface area contributed by atoms with Gasteiger partial charge in [-0.25, -0.2) is 0 Å². The van der Waals surface area contributed by atoms with Crippen LogP contribution in [-0.4, -0.2) is 69.3 Å². The summed E-state index contributed by atoms with van der Waals surface area (Å²) in [6.07, 6.45) is 0. The summed E-state index contributed by atoms with van der Waals surface area (Å²) in [5.74, 6) is 0. The van der Waals surface area contributed by atoms with Crippen LogP contribution in [0.2, 0.25) is 0 Å². The number of ether oxygens (including phenoxy) is 1. The average Bonchev–Trinajstić information content (AvgIpc) is 2.09. The Morgan fingerprint density at radius 1 is 1.46 bits per heavy atom. The fourth-order valence-corrected chi connectivity index (χ4v) is 1.81. The molecule has 0 saturated carbocycles. The number of likely N-dealkylation sites (N-methyl/N-ethyl adjacent to an activating group) is 2. The normalized spacial score (nSPS) is 29.1. The molecule has 2 atom stereocenters. The number of nitrogens with two attached hydrogens (primary N) is 1. The summed E-state index contributed by atoms with van der Waals surface area (Å²) in [7, 11) is 5.97. The van der Waals surface area contributed by atoms with Gasteiger partial charge in [0.15, 0.2) is 0 Å². The number of hydrogen-bond donors (Lipinski definition) is 1. The van der Waals surface area contributed by atoms with Gasteiger partial charge in [-0.2, -0.15) is 0 Å². The molecule has 1 fully saturated rings. The van der Waals surface area contributed by atoms with Gasteiger partial charge in [0.05, 0.1) is 6.61 Å². The lowest BCUT2D eigenvalue weighted by atomic mass is 10.1. The number of piperazine rings is 1. The molecule has 2 unspecified atom stereocenters. The van der Waals surface area contributed by atoms with Crippen LogP contribution in [-0.2, 0) is 4.74 Å². The Balaban J connectivity index is 2.44. The van der Waals surface area contributed by atoms with Crippen molar-refractivity contribution in [3.05, 3.63) is 0 Å². The van der Waals surface area contributed by atoms with E-state index in [2.05, 4.69) is 23.9 Å². The molecule has 0 aromatic heterocycles. The van der Waals surface area contributed by atoms with Crippen molar-refractivity contribution < 1.29 is 4.74 Å². The molecule has 4 heteroatoms. The summed E-state index contributed by atoms with van der Waals surface area (Å²) in [4.78, 5) is 4.64. The summed E-state index contributed by atoms with van der Waals surface area (Å²) >= 11 is 0. The van der Waals surface area contributed by atoms with E-state index in [-0.39, 0.29) is 6.04 Å². The average molecular weight is 187 g/mol. The zero-order valence-corrected chi connectivity index (χ0v) is 8.86. The smallest absolute Gasteiger partial charge is 0.0629 e. The summed E-state index contributed by atoms with van der Waals surface area (Å²) in [5, 5.41) is 0. The van der Waals surface area contributed by atoms with E-state index in [1.165, 1.54) is 0 Å². The van der Waals surface area contributed by atoms with Crippen molar-refractivity contribution in [3.8, 4) is 0 Å². The molecule has 0 aromatic rings. The molecular weight excluding hydrogens is 166 g/mol. The second-order valence-electron chi connectivity index (χ2n) is 3.93. The van der Waals surface area contributed by atoms with Crippen LogP contribution < -0.4 is 5.73 Å². The fraction of sp³-hybridized carbons (Fsp3) is 1.00. The van der Waals surface area contributed by atoms with Crippen molar-refractivity contribution in [2.24, 2.45) is 5.73 Å². The van der Waals surface area contributed by atoms with Crippen LogP contribution in [0.1, 0.15) is 0 Å². The third-order valence-electron chi connectivity index (χ3n) is 2.75. The zero-order valence-electron chi connectivity index (χ0n) is 8.86. The fourth-order valence-electron chi connectivity index (χ4n) is 1.81. The molecule has 1 aliphatic heterocycles. The molecule has 1 aliphatic rings. The molecule has 4 nitrogen and oxygen atoms in total. The van der Waals surface area contributed by atoms with Gasteiger partial charge in [-0.1, -0.05) is 0 Å². The van der Waals surface area contributed by atoms with Crippen molar-refractivity contribution in [2.75, 3.05) is 47.4 Å². The van der Waals surface area contributed by atoms with Crippen LogP contribution in [0.4, 0.5) is 0 Å². The Hall–Kier alpha value is -0.160. The van der Waals surface area contributed by atoms with Gasteiger partial charge in [-0.3, -0.25) is 4.90 Å². The molecule has 0 amide bonds. The first-order valence-electron chi connectivity index (χ1n) is 4.78. The first kappa shape index (κ1) is 10.9. The highest BCUT2D eigenvalue weighted by molar-refractivity contribution is 4.86. The van der Waals surface area contributed by atoms with Gasteiger partial charge < -0.3 is 15.4 Å². The van der Waals surface area contributed by atoms with Gasteiger partial charge in [0, 0.05) is 38.8 Å². The van der Waals surface area contributed by atoms with Crippen molar-refractivity contribution >= 4 is 0 Å². The largest absolute Gasteiger partial charge is 0.383 e. The number of nitrogens with zero attached hydrogens (tertiary/aromatic N) is 2. The molecule has 78 valence electrons. The van der Waals surface area contributed by atoms with Crippen LogP contribution in [0.3, 0.4) is 0 Å². The predicted molar refractivity (Wildman–Crippen MR) is 53.8 cm³/mol. The van der Waals surface area contributed by atoms with Gasteiger partial charge in [0.25, 0.3) is 0 Å². The molecule has 0 aromatic carbocycles. The Kier molecular flexibility index (Phi) is 4.12. The SMILES string of the molecule is COCC(N)C1CN(C)CCN1C. The topological polar surface area (TPSA) is 41.7 Å². The maximum Gasteiger partial charge on any atom is 0.0629 e. The van der Waals surface area contributed by atoms with E-state index in [0.29, 0.717) is 12.6 Å². The van der Waals surface area contributed by atoms with Crippen molar-refractivity contribution in [1.82, 2.24) is 9.80 Å². The maximum absolute atomic E-state index is 6.02. The zero-order chi connectivity index (χ0) is 9.84. The highest BCUT2D eigenvalue weighted by atomic mass is 16.5. The van der Waals surface area contributed by atoms with E-state index in [4.69, 9.17) is 10.5 Å². The van der Waals surface area contributed by atoms with E-state index in [0.717, 1.165) is 19.6 Å². The monoisotopic (exact) mass is 187 g/mol. The second-order valence-corrected chi connectivity index (χ2v) is 3.93. The minimum atomic E-state index is 0.123. The van der Waals surface area contributed by atoms with Gasteiger partial charge in [0.1, 0.15) is 0 Å². The summed E-state index contributed by atoms with van der Waals surface area (Å²) in [5.41, 5.74) is 6.02. The lowest BCUT2D eigenvalue weighted by Crippen LogP contribution is -2.58. The van der Waals surface area contributed by atoms with E-state index in [1.807, 2.05) is 0 Å². The Morgan fingerprint density at radius 3 is 2.77 bits per heavy atom. The molecule has 13 heavy (non-hydrogen) atoms. The van der Waals surface area contributed by atoms with Crippen LogP contribution in [0.15, 0.2) is 0 Å². The van der Waals surface area contributed by atoms with Gasteiger partial charge >= 0.3 is 0 Å². The van der Waals surface area contributed by atoms with Crippen molar-refractivity contribution in [2.45, 2.75) is 12.1 Å². The molecule has 1 saturated heterocycles. The molecule has 1 rings (SSSR count). The molecule has 0 bridgehead atoms. The highest BCUT2D eigenvalue weighted by Gasteiger charge is 2.27. The quantitative estimate of drug-likeness (QED) is 0.628. The van der Waals surface area contributed by atoms with E-state index in [1.54, 1.807) is 7.11 Å². The molecular formula is C9H21N3O. The summed E-state index contributed by atoms with van der Waals surface area (Å²) in [6.45, 7) is 3.91. The summed E-state index contributed by atoms with van der Waals surface area (Å²) in [6, 6.07) is 0.552. The number of methoxy groups -OCH3 is 1. The third kappa shape index (κ3) is 2.91. The van der Waals surface area contributed by atoms with Crippen LogP contribution in [0.5, 0.6) is 0 Å². The van der Waals surface area contributed by atoms with Gasteiger partial charge in [-0.05, 0) is 14.1 Å². The minimum absolute atomic E-state index is 0.123. The second kappa shape index (κ2) is 4.91. The highest BCUT2D eigenvalue weighted by Crippen LogP contribution is 2.08. The third-order valence-corrected chi connectivity index (χ3v) is 2.75. The van der Waals surface area contributed by atoms with Gasteiger partial charge in [-0.15, -0.1) is 0 Å². The van der Waals surface area contributed by atoms with Crippen LogP contribution in [0, 0.1) is 0 Å². The first-order valence-corrected chi connectivity index (χ1v) is 4.78. The lowest BCUT2D eigenvalue weighted by Gasteiger charge is -2.40. The maximum atomic E-state index is 6.02. The van der Waals surface area contributed by atoms with Crippen molar-refractivity contribution in [3.63, 3.8) is 0 Å². The number of rotatable bonds is 3. The Bertz CT molecular complexity index is 154. The minimum Gasteiger partial charge on any atom is -0.383 e. The molecule has 0 radical (unpaired) electrons. The molecule has 1 heterocycles. The standard InChI is InChI=1S/C9H21N3O/c1-11-4-5-12(2)9(6-11)8(10)7-13-3/h8-9H,4-7,10H2,1-3H3. The predicted octanol–water partition coefficient (Wildman–Crippen LogP) is -0.794. The van der Waals surface area contributed by atoms with E-state index >= 15 is 0 Å². The summed E-state index contributed by atoms with van der Waals surface area (Å²) < 4.78 is 5.07. The molecule has 0 aliphatic carbocycles. The van der Waals surface area contributed by atoms with E-state index in [9.17, 15) is 0 Å². The van der Waals surface area contributed by atoms with Crippen LogP contribution >= 0.6 is 0 Å². The Morgan fingerprint density at radius 2 is 2.15 bits per heavy atom. The van der Waals surface area contributed by atoms with Crippen LogP contribution in [0.25, 0.3) is 0 Å². The molecule has 2 N–H and O–H groups in total. The molecule has 0 spiro atoms. The van der Waals surface area contributed by atoms with Gasteiger partial charge in [0.2, 0.25) is 0 Å². The number of hydrogen-bond acceptors (Lipinski definition) is 4.